The van der Waals surface area contributed by atoms with Gasteiger partial charge in [-0.2, -0.15) is 0 Å². The van der Waals surface area contributed by atoms with Crippen molar-refractivity contribution >= 4 is 11.8 Å². The van der Waals surface area contributed by atoms with Gasteiger partial charge in [0.2, 0.25) is 11.8 Å². The Labute approximate surface area is 211 Å². The molecule has 0 bridgehead atoms. The van der Waals surface area contributed by atoms with E-state index >= 15 is 0 Å². The molecule has 3 aliphatic rings. The maximum Gasteiger partial charge on any atom is 0.247 e. The van der Waals surface area contributed by atoms with Crippen molar-refractivity contribution in [1.29, 1.82) is 0 Å². The van der Waals surface area contributed by atoms with Crippen LogP contribution in [0.5, 0.6) is 11.5 Å². The Morgan fingerprint density at radius 1 is 1.28 bits per heavy atom. The third-order valence-corrected chi connectivity index (χ3v) is 7.38. The number of aliphatic hydroxyl groups is 3. The molecule has 9 heteroatoms. The molecule has 4 N–H and O–H groups in total. The molecule has 4 rings (SSSR count). The van der Waals surface area contributed by atoms with Crippen molar-refractivity contribution in [2.24, 2.45) is 0 Å². The second kappa shape index (κ2) is 11.5. The zero-order valence-corrected chi connectivity index (χ0v) is 20.7. The van der Waals surface area contributed by atoms with Gasteiger partial charge in [-0.05, 0) is 43.0 Å². The minimum Gasteiger partial charge on any atom is -0.493 e. The van der Waals surface area contributed by atoms with Crippen molar-refractivity contribution in [2.45, 2.75) is 75.3 Å². The van der Waals surface area contributed by atoms with Crippen LogP contribution in [0.1, 0.15) is 55.6 Å². The van der Waals surface area contributed by atoms with Gasteiger partial charge in [0.05, 0.1) is 32.3 Å². The Morgan fingerprint density at radius 2 is 2.03 bits per heavy atom. The van der Waals surface area contributed by atoms with E-state index in [1.165, 1.54) is 7.11 Å². The lowest BCUT2D eigenvalue weighted by atomic mass is 9.77. The van der Waals surface area contributed by atoms with Crippen LogP contribution in [0.4, 0.5) is 0 Å². The first-order valence-corrected chi connectivity index (χ1v) is 12.6. The SMILES string of the molecule is C=CCCC(=O)N(C1CCCC1)[C@@H]1C=C(C(=O)NCCO)[C@@H]2c3cc(CO)cc(OC)c3O[C@@H]2[C@H]1O. The Kier molecular flexibility index (Phi) is 8.33. The summed E-state index contributed by atoms with van der Waals surface area (Å²) < 4.78 is 11.7. The van der Waals surface area contributed by atoms with Crippen LogP contribution in [0, 0.1) is 0 Å². The highest BCUT2D eigenvalue weighted by molar-refractivity contribution is 5.96. The molecule has 1 fully saturated rings. The lowest BCUT2D eigenvalue weighted by molar-refractivity contribution is -0.140. The molecule has 0 saturated heterocycles. The Balaban J connectivity index is 1.80. The van der Waals surface area contributed by atoms with E-state index in [4.69, 9.17) is 9.47 Å². The standard InChI is InChI=1S/C27H36N2O7/c1-3-4-9-22(32)29(17-7-5-6-8-17)20-14-19(27(34)28-10-11-30)23-18-12-16(15-31)13-21(35-2)25(18)36-26(23)24(20)33/h3,12-14,17,20,23-24,26,30-31,33H,1,4-11,15H2,2H3,(H,28,34)/t20-,23+,24+,26+/m1/s1. The third-order valence-electron chi connectivity index (χ3n) is 7.38. The number of hydrogen-bond donors (Lipinski definition) is 4. The smallest absolute Gasteiger partial charge is 0.247 e. The Bertz CT molecular complexity index is 1020. The van der Waals surface area contributed by atoms with Crippen molar-refractivity contribution in [3.63, 3.8) is 0 Å². The molecule has 0 unspecified atom stereocenters. The number of carbonyl (C=O) groups is 2. The predicted molar refractivity (Wildman–Crippen MR) is 133 cm³/mol. The summed E-state index contributed by atoms with van der Waals surface area (Å²) in [6, 6.07) is 2.64. The van der Waals surface area contributed by atoms with E-state index < -0.39 is 30.1 Å². The molecular formula is C27H36N2O7. The summed E-state index contributed by atoms with van der Waals surface area (Å²) in [4.78, 5) is 28.5. The number of nitrogens with zero attached hydrogens (tertiary/aromatic N) is 1. The quantitative estimate of drug-likeness (QED) is 0.359. The van der Waals surface area contributed by atoms with E-state index in [0.717, 1.165) is 25.7 Å². The molecule has 196 valence electrons. The largest absolute Gasteiger partial charge is 0.493 e. The second-order valence-corrected chi connectivity index (χ2v) is 9.58. The third kappa shape index (κ3) is 4.87. The fourth-order valence-corrected chi connectivity index (χ4v) is 5.74. The van der Waals surface area contributed by atoms with Gasteiger partial charge in [-0.15, -0.1) is 6.58 Å². The van der Waals surface area contributed by atoms with Crippen molar-refractivity contribution < 1.29 is 34.4 Å². The lowest BCUT2D eigenvalue weighted by Gasteiger charge is -2.43. The first kappa shape index (κ1) is 26.2. The van der Waals surface area contributed by atoms with Gasteiger partial charge in [-0.25, -0.2) is 0 Å². The maximum absolute atomic E-state index is 13.4. The molecule has 4 atom stereocenters. The molecular weight excluding hydrogens is 464 g/mol. The second-order valence-electron chi connectivity index (χ2n) is 9.58. The van der Waals surface area contributed by atoms with Crippen LogP contribution in [-0.2, 0) is 16.2 Å². The summed E-state index contributed by atoms with van der Waals surface area (Å²) in [6.07, 6.45) is 5.94. The molecule has 1 aromatic carbocycles. The van der Waals surface area contributed by atoms with E-state index in [0.29, 0.717) is 34.6 Å². The Hall–Kier alpha value is -2.88. The first-order valence-electron chi connectivity index (χ1n) is 12.6. The van der Waals surface area contributed by atoms with Crippen LogP contribution >= 0.6 is 0 Å². The molecule has 1 aromatic rings. The van der Waals surface area contributed by atoms with Crippen molar-refractivity contribution in [2.75, 3.05) is 20.3 Å². The molecule has 1 aliphatic heterocycles. The average Bonchev–Trinajstić information content (AvgIpc) is 3.55. The molecule has 0 spiro atoms. The first-order chi connectivity index (χ1) is 17.4. The van der Waals surface area contributed by atoms with Crippen molar-refractivity contribution in [3.8, 4) is 11.5 Å². The number of aliphatic hydroxyl groups excluding tert-OH is 3. The Morgan fingerprint density at radius 3 is 2.67 bits per heavy atom. The topological polar surface area (TPSA) is 129 Å². The molecule has 2 aliphatic carbocycles. The monoisotopic (exact) mass is 500 g/mol. The predicted octanol–water partition coefficient (Wildman–Crippen LogP) is 1.55. The van der Waals surface area contributed by atoms with Gasteiger partial charge >= 0.3 is 0 Å². The number of allylic oxidation sites excluding steroid dienone is 1. The number of benzene rings is 1. The summed E-state index contributed by atoms with van der Waals surface area (Å²) in [7, 11) is 1.49. The fourth-order valence-electron chi connectivity index (χ4n) is 5.74. The van der Waals surface area contributed by atoms with Crippen LogP contribution in [0.15, 0.2) is 36.4 Å². The number of amides is 2. The van der Waals surface area contributed by atoms with Crippen molar-refractivity contribution in [1.82, 2.24) is 10.2 Å². The average molecular weight is 501 g/mol. The van der Waals surface area contributed by atoms with Gasteiger partial charge in [0.25, 0.3) is 0 Å². The number of ether oxygens (including phenoxy) is 2. The van der Waals surface area contributed by atoms with E-state index in [-0.39, 0.29) is 38.1 Å². The van der Waals surface area contributed by atoms with E-state index in [9.17, 15) is 24.9 Å². The zero-order valence-electron chi connectivity index (χ0n) is 20.7. The summed E-state index contributed by atoms with van der Waals surface area (Å²) >= 11 is 0. The van der Waals surface area contributed by atoms with Crippen LogP contribution in [0.3, 0.4) is 0 Å². The fraction of sp³-hybridized carbons (Fsp3) is 0.556. The summed E-state index contributed by atoms with van der Waals surface area (Å²) in [5, 5.41) is 33.4. The molecule has 1 saturated carbocycles. The minimum absolute atomic E-state index is 0.0316. The van der Waals surface area contributed by atoms with Gasteiger partial charge in [0.1, 0.15) is 12.2 Å². The molecule has 36 heavy (non-hydrogen) atoms. The molecule has 0 radical (unpaired) electrons. The van der Waals surface area contributed by atoms with E-state index in [2.05, 4.69) is 11.9 Å². The van der Waals surface area contributed by atoms with Crippen LogP contribution in [0.2, 0.25) is 0 Å². The van der Waals surface area contributed by atoms with Crippen LogP contribution in [0.25, 0.3) is 0 Å². The minimum atomic E-state index is -1.09. The highest BCUT2D eigenvalue weighted by Gasteiger charge is 2.52. The van der Waals surface area contributed by atoms with Gasteiger partial charge in [0.15, 0.2) is 11.5 Å². The summed E-state index contributed by atoms with van der Waals surface area (Å²) in [5.74, 6) is -0.300. The highest BCUT2D eigenvalue weighted by Crippen LogP contribution is 2.51. The van der Waals surface area contributed by atoms with Crippen LogP contribution in [-0.4, -0.2) is 76.6 Å². The summed E-state index contributed by atoms with van der Waals surface area (Å²) in [6.45, 7) is 3.34. The zero-order chi connectivity index (χ0) is 25.8. The normalized spacial score (nSPS) is 24.8. The van der Waals surface area contributed by atoms with E-state index in [1.807, 2.05) is 0 Å². The maximum atomic E-state index is 13.4. The van der Waals surface area contributed by atoms with Gasteiger partial charge in [-0.3, -0.25) is 9.59 Å². The van der Waals surface area contributed by atoms with Gasteiger partial charge < -0.3 is 35.0 Å². The number of methoxy groups -OCH3 is 1. The molecule has 2 amide bonds. The summed E-state index contributed by atoms with van der Waals surface area (Å²) in [5.41, 5.74) is 1.59. The molecule has 1 heterocycles. The lowest BCUT2D eigenvalue weighted by Crippen LogP contribution is -2.58. The van der Waals surface area contributed by atoms with Crippen LogP contribution < -0.4 is 14.8 Å². The number of nitrogens with one attached hydrogen (secondary N) is 1. The number of fused-ring (bicyclic) bond motifs is 3. The van der Waals surface area contributed by atoms with Gasteiger partial charge in [-0.1, -0.05) is 18.9 Å². The molecule has 0 aromatic heterocycles. The number of hydrogen-bond acceptors (Lipinski definition) is 7. The molecule has 9 nitrogen and oxygen atoms in total. The number of carbonyl (C=O) groups excluding carboxylic acids is 2. The van der Waals surface area contributed by atoms with Gasteiger partial charge in [0, 0.05) is 30.1 Å². The number of rotatable bonds is 10. The van der Waals surface area contributed by atoms with E-state index in [1.54, 1.807) is 29.2 Å². The highest BCUT2D eigenvalue weighted by atomic mass is 16.5. The van der Waals surface area contributed by atoms with Crippen molar-refractivity contribution in [3.05, 3.63) is 47.6 Å².